The third-order valence-electron chi connectivity index (χ3n) is 12.1. The third kappa shape index (κ3) is 4.50. The van der Waals surface area contributed by atoms with E-state index in [1.54, 1.807) is 0 Å². The molecule has 2 heterocycles. The summed E-state index contributed by atoms with van der Waals surface area (Å²) in [5, 5.41) is 11.5. The lowest BCUT2D eigenvalue weighted by atomic mass is 9.94. The van der Waals surface area contributed by atoms with Crippen molar-refractivity contribution in [1.29, 1.82) is 0 Å². The zero-order valence-electron chi connectivity index (χ0n) is 30.8. The number of fused-ring (bicyclic) bond motifs is 12. The predicted octanol–water partition coefficient (Wildman–Crippen LogP) is 14.5. The number of rotatable bonds is 4. The third-order valence-corrected chi connectivity index (χ3v) is 12.1. The highest BCUT2D eigenvalue weighted by atomic mass is 15.0. The molecule has 2 heteroatoms. The lowest BCUT2D eigenvalue weighted by Crippen LogP contribution is -2.04. The number of hydrogen-bond donors (Lipinski definition) is 0. The van der Waals surface area contributed by atoms with Crippen molar-refractivity contribution < 1.29 is 0 Å². The molecular weight excluding hydrogens is 677 g/mol. The van der Waals surface area contributed by atoms with Gasteiger partial charge in [-0.1, -0.05) is 164 Å². The molecule has 2 aromatic heterocycles. The molecule has 12 rings (SSSR count). The van der Waals surface area contributed by atoms with Crippen LogP contribution in [0.2, 0.25) is 0 Å². The summed E-state index contributed by atoms with van der Waals surface area (Å²) in [6, 6.07) is 67.3. The van der Waals surface area contributed by atoms with Gasteiger partial charge in [0.15, 0.2) is 0 Å². The predicted molar refractivity (Wildman–Crippen MR) is 238 cm³/mol. The van der Waals surface area contributed by atoms with Gasteiger partial charge in [-0.25, -0.2) is 0 Å². The van der Waals surface area contributed by atoms with Gasteiger partial charge < -0.3 is 9.13 Å². The Labute approximate surface area is 324 Å². The number of para-hydroxylation sites is 3. The minimum Gasteiger partial charge on any atom is -0.312 e. The number of hydrogen-bond acceptors (Lipinski definition) is 0. The van der Waals surface area contributed by atoms with Gasteiger partial charge in [0.2, 0.25) is 0 Å². The van der Waals surface area contributed by atoms with Crippen molar-refractivity contribution >= 4 is 71.1 Å². The summed E-state index contributed by atoms with van der Waals surface area (Å²) in [4.78, 5) is 0. The fourth-order valence-corrected chi connectivity index (χ4v) is 9.76. The summed E-state index contributed by atoms with van der Waals surface area (Å²) in [6.07, 6.45) is 6.72. The second-order valence-corrected chi connectivity index (χ2v) is 15.1. The van der Waals surface area contributed by atoms with Crippen molar-refractivity contribution in [3.8, 4) is 33.6 Å². The molecule has 0 radical (unpaired) electrons. The van der Waals surface area contributed by atoms with Crippen LogP contribution in [-0.2, 0) is 6.42 Å². The summed E-state index contributed by atoms with van der Waals surface area (Å²) in [5.74, 6) is 0. The zero-order chi connectivity index (χ0) is 36.7. The van der Waals surface area contributed by atoms with Gasteiger partial charge >= 0.3 is 0 Å². The van der Waals surface area contributed by atoms with E-state index in [1.165, 1.54) is 104 Å². The highest BCUT2D eigenvalue weighted by Gasteiger charge is 2.24. The first-order valence-corrected chi connectivity index (χ1v) is 19.7. The monoisotopic (exact) mass is 712 g/mol. The van der Waals surface area contributed by atoms with E-state index >= 15 is 0 Å². The molecular formula is C54H36N2. The van der Waals surface area contributed by atoms with Crippen molar-refractivity contribution in [2.75, 3.05) is 0 Å². The molecule has 0 atom stereocenters. The molecule has 56 heavy (non-hydrogen) atoms. The minimum atomic E-state index is 1.000. The van der Waals surface area contributed by atoms with Crippen molar-refractivity contribution in [2.45, 2.75) is 12.8 Å². The fraction of sp³-hybridized carbons (Fsp3) is 0.0370. The van der Waals surface area contributed by atoms with Crippen molar-refractivity contribution in [2.24, 2.45) is 0 Å². The SMILES string of the molecule is C1=Cc2c(n(-c3cccc(-c4ccccc4)c3)c3c(-c4cccc5c6ccccc6n(-c6ccc7c8ccccc8c8ccccc8c7c6)c45)cccc23)CC1. The first-order chi connectivity index (χ1) is 27.8. The molecule has 9 aromatic carbocycles. The van der Waals surface area contributed by atoms with Gasteiger partial charge in [0.25, 0.3) is 0 Å². The molecule has 0 spiro atoms. The van der Waals surface area contributed by atoms with E-state index in [0.717, 1.165) is 18.5 Å². The van der Waals surface area contributed by atoms with E-state index in [0.29, 0.717) is 0 Å². The van der Waals surface area contributed by atoms with E-state index in [1.807, 2.05) is 0 Å². The van der Waals surface area contributed by atoms with Gasteiger partial charge in [-0.05, 0) is 86.6 Å². The summed E-state index contributed by atoms with van der Waals surface area (Å²) in [7, 11) is 0. The van der Waals surface area contributed by atoms with Crippen LogP contribution in [0.25, 0.3) is 105 Å². The first-order valence-electron chi connectivity index (χ1n) is 19.7. The Balaban J connectivity index is 1.17. The number of aromatic nitrogens is 2. The highest BCUT2D eigenvalue weighted by Crippen LogP contribution is 2.45. The number of allylic oxidation sites excluding steroid dienone is 1. The van der Waals surface area contributed by atoms with Gasteiger partial charge in [0.05, 0.1) is 16.6 Å². The molecule has 11 aromatic rings. The minimum absolute atomic E-state index is 1.000. The standard InChI is InChI=1S/C54H36N2/c1-2-15-35(16-3-1)36-17-12-18-37(33-36)55-51-29-10-8-23-44(51)46-25-13-27-48(53(46)55)49-28-14-26-47-45-24-9-11-30-52(45)56(54(47)49)38-31-32-43-41-21-5-4-19-39(41)40-20-6-7-22-42(40)50(43)34-38/h1-9,11-28,30-34H,10,29H2. The van der Waals surface area contributed by atoms with Crippen molar-refractivity contribution in [1.82, 2.24) is 9.13 Å². The lowest BCUT2D eigenvalue weighted by Gasteiger charge is -2.17. The Kier molecular flexibility index (Phi) is 6.79. The maximum absolute atomic E-state index is 2.56. The van der Waals surface area contributed by atoms with Crippen molar-refractivity contribution in [3.05, 3.63) is 199 Å². The van der Waals surface area contributed by atoms with Crippen LogP contribution in [0.5, 0.6) is 0 Å². The van der Waals surface area contributed by atoms with E-state index in [9.17, 15) is 0 Å². The van der Waals surface area contributed by atoms with Crippen LogP contribution in [0.15, 0.2) is 188 Å². The van der Waals surface area contributed by atoms with Gasteiger partial charge in [-0.3, -0.25) is 0 Å². The molecule has 0 N–H and O–H groups in total. The molecule has 0 bridgehead atoms. The molecule has 0 amide bonds. The summed E-state index contributed by atoms with van der Waals surface area (Å²) >= 11 is 0. The second-order valence-electron chi connectivity index (χ2n) is 15.1. The number of nitrogens with zero attached hydrogens (tertiary/aromatic N) is 2. The largest absolute Gasteiger partial charge is 0.312 e. The zero-order valence-corrected chi connectivity index (χ0v) is 30.8. The van der Waals surface area contributed by atoms with Gasteiger partial charge in [-0.15, -0.1) is 0 Å². The van der Waals surface area contributed by atoms with Crippen LogP contribution < -0.4 is 0 Å². The normalized spacial score (nSPS) is 12.8. The second kappa shape index (κ2) is 12.2. The molecule has 0 unspecified atom stereocenters. The van der Waals surface area contributed by atoms with Crippen LogP contribution >= 0.6 is 0 Å². The Morgan fingerprint density at radius 3 is 1.66 bits per heavy atom. The number of benzene rings is 9. The summed E-state index contributed by atoms with van der Waals surface area (Å²) in [6.45, 7) is 0. The summed E-state index contributed by atoms with van der Waals surface area (Å²) in [5.41, 5.74) is 13.7. The van der Waals surface area contributed by atoms with Crippen LogP contribution in [-0.4, -0.2) is 9.13 Å². The molecule has 0 saturated heterocycles. The Morgan fingerprint density at radius 1 is 0.357 bits per heavy atom. The topological polar surface area (TPSA) is 9.86 Å². The Bertz CT molecular complexity index is 3380. The first kappa shape index (κ1) is 31.2. The average Bonchev–Trinajstić information content (AvgIpc) is 3.80. The smallest absolute Gasteiger partial charge is 0.0620 e. The van der Waals surface area contributed by atoms with Crippen LogP contribution in [0, 0.1) is 0 Å². The van der Waals surface area contributed by atoms with Crippen LogP contribution in [0.3, 0.4) is 0 Å². The highest BCUT2D eigenvalue weighted by molar-refractivity contribution is 6.26. The molecule has 2 nitrogen and oxygen atoms in total. The molecule has 0 fully saturated rings. The molecule has 1 aliphatic rings. The molecule has 1 aliphatic carbocycles. The Hall–Kier alpha value is -7.16. The molecule has 0 saturated carbocycles. The maximum Gasteiger partial charge on any atom is 0.0620 e. The lowest BCUT2D eigenvalue weighted by molar-refractivity contribution is 0.889. The average molecular weight is 713 g/mol. The van der Waals surface area contributed by atoms with Gasteiger partial charge in [0.1, 0.15) is 0 Å². The van der Waals surface area contributed by atoms with E-state index < -0.39 is 0 Å². The summed E-state index contributed by atoms with van der Waals surface area (Å²) < 4.78 is 5.08. The Morgan fingerprint density at radius 2 is 0.911 bits per heavy atom. The quantitative estimate of drug-likeness (QED) is 0.161. The van der Waals surface area contributed by atoms with Gasteiger partial charge in [-0.2, -0.15) is 0 Å². The van der Waals surface area contributed by atoms with Crippen LogP contribution in [0.1, 0.15) is 17.7 Å². The molecule has 262 valence electrons. The van der Waals surface area contributed by atoms with E-state index in [2.05, 4.69) is 203 Å². The molecule has 0 aliphatic heterocycles. The van der Waals surface area contributed by atoms with Crippen molar-refractivity contribution in [3.63, 3.8) is 0 Å². The van der Waals surface area contributed by atoms with Crippen LogP contribution in [0.4, 0.5) is 0 Å². The van der Waals surface area contributed by atoms with Gasteiger partial charge in [0, 0.05) is 49.9 Å². The fourth-order valence-electron chi connectivity index (χ4n) is 9.76. The van der Waals surface area contributed by atoms with E-state index in [-0.39, 0.29) is 0 Å². The maximum atomic E-state index is 2.56. The van der Waals surface area contributed by atoms with E-state index in [4.69, 9.17) is 0 Å².